The van der Waals surface area contributed by atoms with Crippen LogP contribution in [0, 0.1) is 5.82 Å². The fourth-order valence-corrected chi connectivity index (χ4v) is 3.41. The molecule has 0 fully saturated rings. The minimum absolute atomic E-state index is 0.161. The largest absolute Gasteiger partial charge is 0.355 e. The molecule has 6 heteroatoms. The number of carbonyl (C=O) groups excluding carboxylic acids is 2. The summed E-state index contributed by atoms with van der Waals surface area (Å²) in [6.45, 7) is 2.25. The van der Waals surface area contributed by atoms with E-state index in [1.807, 2.05) is 23.5 Å². The maximum absolute atomic E-state index is 13.8. The van der Waals surface area contributed by atoms with Crippen LogP contribution in [0.25, 0.3) is 0 Å². The summed E-state index contributed by atoms with van der Waals surface area (Å²) < 4.78 is 13.8. The highest BCUT2D eigenvalue weighted by molar-refractivity contribution is 5.95. The molecule has 0 bridgehead atoms. The molecule has 0 aliphatic carbocycles. The third-order valence-corrected chi connectivity index (χ3v) is 5.15. The number of nitrogens with one attached hydrogen (secondary N) is 2. The molecule has 3 aromatic rings. The van der Waals surface area contributed by atoms with Gasteiger partial charge in [-0.3, -0.25) is 9.59 Å². The van der Waals surface area contributed by atoms with Crippen molar-refractivity contribution >= 4 is 17.5 Å². The van der Waals surface area contributed by atoms with Crippen LogP contribution in [0.5, 0.6) is 0 Å². The molecule has 4 N–H and O–H groups in total. The van der Waals surface area contributed by atoms with Crippen LogP contribution in [0.1, 0.15) is 40.0 Å². The number of rotatable bonds is 8. The van der Waals surface area contributed by atoms with Crippen LogP contribution in [-0.4, -0.2) is 25.4 Å². The van der Waals surface area contributed by atoms with Crippen LogP contribution in [0.3, 0.4) is 0 Å². The van der Waals surface area contributed by atoms with Gasteiger partial charge in [0.1, 0.15) is 11.9 Å². The van der Waals surface area contributed by atoms with E-state index in [1.54, 1.807) is 37.4 Å². The molecule has 2 amide bonds. The van der Waals surface area contributed by atoms with Gasteiger partial charge < -0.3 is 16.0 Å². The van der Waals surface area contributed by atoms with E-state index >= 15 is 0 Å². The molecule has 1 atom stereocenters. The first kappa shape index (κ1) is 22.2. The standard InChI is InChI=1S/C25H26FN3O2/c1-3-17-7-9-18(10-8-17)24(20-5-4-6-21(26)15-20)28-16-23(30)29-22-13-11-19(12-14-22)25(31)27-2/h4-15,24,28H,3,16H2,1-2H3,(H,27,31)(H,29,30)/p+1/t24-/m1/s1. The number of quaternary nitrogens is 1. The van der Waals surface area contributed by atoms with E-state index in [-0.39, 0.29) is 30.2 Å². The number of carbonyl (C=O) groups is 2. The number of aryl methyl sites for hydroxylation is 1. The Hall–Kier alpha value is -3.51. The highest BCUT2D eigenvalue weighted by atomic mass is 19.1. The summed E-state index contributed by atoms with van der Waals surface area (Å²) in [7, 11) is 1.57. The predicted molar refractivity (Wildman–Crippen MR) is 119 cm³/mol. The third-order valence-electron chi connectivity index (χ3n) is 5.15. The molecule has 31 heavy (non-hydrogen) atoms. The maximum Gasteiger partial charge on any atom is 0.279 e. The van der Waals surface area contributed by atoms with Gasteiger partial charge in [-0.25, -0.2) is 4.39 Å². The Bertz CT molecular complexity index is 1030. The van der Waals surface area contributed by atoms with Crippen LogP contribution in [-0.2, 0) is 11.2 Å². The van der Waals surface area contributed by atoms with Gasteiger partial charge in [0.05, 0.1) is 0 Å². The molecule has 0 heterocycles. The second-order valence-electron chi connectivity index (χ2n) is 7.27. The molecular formula is C25H27FN3O2+. The Balaban J connectivity index is 1.70. The Morgan fingerprint density at radius 3 is 2.29 bits per heavy atom. The van der Waals surface area contributed by atoms with E-state index in [0.717, 1.165) is 17.5 Å². The average Bonchev–Trinajstić information content (AvgIpc) is 2.79. The van der Waals surface area contributed by atoms with Gasteiger partial charge >= 0.3 is 0 Å². The first-order valence-electron chi connectivity index (χ1n) is 10.3. The van der Waals surface area contributed by atoms with Crippen LogP contribution >= 0.6 is 0 Å². The number of benzene rings is 3. The molecule has 160 valence electrons. The molecule has 0 spiro atoms. The smallest absolute Gasteiger partial charge is 0.279 e. The molecule has 0 radical (unpaired) electrons. The number of anilines is 1. The van der Waals surface area contributed by atoms with Crippen molar-refractivity contribution in [2.75, 3.05) is 18.9 Å². The van der Waals surface area contributed by atoms with Crippen molar-refractivity contribution in [2.45, 2.75) is 19.4 Å². The second-order valence-corrected chi connectivity index (χ2v) is 7.27. The zero-order chi connectivity index (χ0) is 22.2. The van der Waals surface area contributed by atoms with Crippen molar-refractivity contribution in [3.05, 3.63) is 101 Å². The highest BCUT2D eigenvalue weighted by Crippen LogP contribution is 2.20. The Morgan fingerprint density at radius 1 is 0.968 bits per heavy atom. The van der Waals surface area contributed by atoms with Crippen molar-refractivity contribution in [1.82, 2.24) is 5.32 Å². The van der Waals surface area contributed by atoms with Gasteiger partial charge in [0.2, 0.25) is 0 Å². The lowest BCUT2D eigenvalue weighted by Gasteiger charge is -2.17. The van der Waals surface area contributed by atoms with Gasteiger partial charge in [-0.1, -0.05) is 43.3 Å². The van der Waals surface area contributed by atoms with Crippen LogP contribution in [0.4, 0.5) is 10.1 Å². The SMILES string of the molecule is CCc1ccc([C@@H]([NH2+]CC(=O)Nc2ccc(C(=O)NC)cc2)c2cccc(F)c2)cc1. The molecule has 0 unspecified atom stereocenters. The molecule has 3 aromatic carbocycles. The first-order valence-corrected chi connectivity index (χ1v) is 10.3. The predicted octanol–water partition coefficient (Wildman–Crippen LogP) is 3.04. The molecule has 5 nitrogen and oxygen atoms in total. The quantitative estimate of drug-likeness (QED) is 0.524. The summed E-state index contributed by atoms with van der Waals surface area (Å²) in [6.07, 6.45) is 0.940. The fourth-order valence-electron chi connectivity index (χ4n) is 3.41. The van der Waals surface area contributed by atoms with Gasteiger partial charge in [-0.2, -0.15) is 0 Å². The van der Waals surface area contributed by atoms with Gasteiger partial charge in [-0.05, 0) is 48.4 Å². The van der Waals surface area contributed by atoms with Crippen molar-refractivity contribution in [1.29, 1.82) is 0 Å². The van der Waals surface area contributed by atoms with E-state index in [1.165, 1.54) is 17.7 Å². The molecule has 3 rings (SSSR count). The maximum atomic E-state index is 13.8. The summed E-state index contributed by atoms with van der Waals surface area (Å²) >= 11 is 0. The summed E-state index contributed by atoms with van der Waals surface area (Å²) in [5, 5.41) is 7.29. The lowest BCUT2D eigenvalue weighted by atomic mass is 9.97. The van der Waals surface area contributed by atoms with Crippen molar-refractivity contribution in [3.63, 3.8) is 0 Å². The van der Waals surface area contributed by atoms with Crippen molar-refractivity contribution in [2.24, 2.45) is 0 Å². The number of amides is 2. The fraction of sp³-hybridized carbons (Fsp3) is 0.200. The van der Waals surface area contributed by atoms with Gasteiger partial charge in [0, 0.05) is 29.4 Å². The van der Waals surface area contributed by atoms with E-state index in [2.05, 4.69) is 29.7 Å². The summed E-state index contributed by atoms with van der Waals surface area (Å²) in [5.74, 6) is -0.667. The number of nitrogens with two attached hydrogens (primary N) is 1. The lowest BCUT2D eigenvalue weighted by molar-refractivity contribution is -0.676. The van der Waals surface area contributed by atoms with Crippen molar-refractivity contribution in [3.8, 4) is 0 Å². The Kier molecular flexibility index (Phi) is 7.51. The Morgan fingerprint density at radius 2 is 1.68 bits per heavy atom. The molecule has 0 saturated carbocycles. The zero-order valence-corrected chi connectivity index (χ0v) is 17.7. The van der Waals surface area contributed by atoms with Crippen molar-refractivity contribution < 1.29 is 19.3 Å². The molecule has 0 aromatic heterocycles. The highest BCUT2D eigenvalue weighted by Gasteiger charge is 2.20. The van der Waals surface area contributed by atoms with Gasteiger partial charge in [-0.15, -0.1) is 0 Å². The van der Waals surface area contributed by atoms with E-state index in [0.29, 0.717) is 11.3 Å². The first-order chi connectivity index (χ1) is 15.0. The molecule has 0 saturated heterocycles. The average molecular weight is 421 g/mol. The van der Waals surface area contributed by atoms with Gasteiger partial charge in [0.25, 0.3) is 11.8 Å². The zero-order valence-electron chi connectivity index (χ0n) is 17.7. The van der Waals surface area contributed by atoms with E-state index in [9.17, 15) is 14.0 Å². The molecule has 0 aliphatic rings. The Labute approximate surface area is 181 Å². The molecule has 0 aliphatic heterocycles. The van der Waals surface area contributed by atoms with E-state index < -0.39 is 0 Å². The number of hydrogen-bond donors (Lipinski definition) is 3. The second kappa shape index (κ2) is 10.5. The summed E-state index contributed by atoms with van der Waals surface area (Å²) in [4.78, 5) is 24.2. The minimum Gasteiger partial charge on any atom is -0.355 e. The monoisotopic (exact) mass is 420 g/mol. The number of hydrogen-bond acceptors (Lipinski definition) is 2. The minimum atomic E-state index is -0.304. The summed E-state index contributed by atoms with van der Waals surface area (Å²) in [5.41, 5.74) is 4.16. The third kappa shape index (κ3) is 5.99. The van der Waals surface area contributed by atoms with Crippen LogP contribution < -0.4 is 16.0 Å². The van der Waals surface area contributed by atoms with Crippen LogP contribution in [0.15, 0.2) is 72.8 Å². The van der Waals surface area contributed by atoms with E-state index in [4.69, 9.17) is 0 Å². The summed E-state index contributed by atoms with van der Waals surface area (Å²) in [6, 6.07) is 21.1. The molecular weight excluding hydrogens is 393 g/mol. The normalized spacial score (nSPS) is 11.6. The topological polar surface area (TPSA) is 74.8 Å². The number of halogens is 1. The lowest BCUT2D eigenvalue weighted by Crippen LogP contribution is -2.87. The van der Waals surface area contributed by atoms with Crippen LogP contribution in [0.2, 0.25) is 0 Å². The van der Waals surface area contributed by atoms with Gasteiger partial charge in [0.15, 0.2) is 6.54 Å².